The Morgan fingerprint density at radius 3 is 2.90 bits per heavy atom. The lowest BCUT2D eigenvalue weighted by Crippen LogP contribution is -2.18. The van der Waals surface area contributed by atoms with E-state index in [1.807, 2.05) is 41.1 Å². The largest absolute Gasteiger partial charge is 0.318 e. The average Bonchev–Trinajstić information content (AvgIpc) is 2.94. The van der Waals surface area contributed by atoms with E-state index in [0.717, 1.165) is 35.3 Å². The molecule has 3 rings (SSSR count). The molecule has 102 valence electrons. The lowest BCUT2D eigenvalue weighted by molar-refractivity contribution is 0.541. The van der Waals surface area contributed by atoms with Crippen molar-refractivity contribution in [3.05, 3.63) is 54.0 Å². The monoisotopic (exact) mass is 267 g/mol. The summed E-state index contributed by atoms with van der Waals surface area (Å²) in [5, 5.41) is 9.14. The van der Waals surface area contributed by atoms with Crippen LogP contribution >= 0.6 is 0 Å². The first-order valence-electron chi connectivity index (χ1n) is 6.79. The zero-order valence-corrected chi connectivity index (χ0v) is 11.4. The molecule has 1 aromatic carbocycles. The van der Waals surface area contributed by atoms with Crippen molar-refractivity contribution in [2.24, 2.45) is 5.73 Å². The molecule has 0 amide bonds. The van der Waals surface area contributed by atoms with Crippen LogP contribution in [0, 0.1) is 0 Å². The number of benzene rings is 1. The fourth-order valence-electron chi connectivity index (χ4n) is 2.30. The Balaban J connectivity index is 1.99. The third kappa shape index (κ3) is 2.28. The molecule has 0 fully saturated rings. The van der Waals surface area contributed by atoms with E-state index in [1.165, 1.54) is 0 Å². The van der Waals surface area contributed by atoms with Crippen LogP contribution in [0.15, 0.2) is 42.6 Å². The van der Waals surface area contributed by atoms with Gasteiger partial charge in [-0.3, -0.25) is 4.98 Å². The number of fused-ring (bicyclic) bond motifs is 1. The zero-order valence-electron chi connectivity index (χ0n) is 11.4. The summed E-state index contributed by atoms with van der Waals surface area (Å²) in [5.41, 5.74) is 9.01. The lowest BCUT2D eigenvalue weighted by Gasteiger charge is -2.13. The normalized spacial score (nSPS) is 12.7. The Kier molecular flexibility index (Phi) is 3.43. The Labute approximate surface area is 117 Å². The molecule has 0 bridgehead atoms. The number of aryl methyl sites for hydroxylation is 1. The maximum Gasteiger partial charge on any atom is 0.0913 e. The minimum Gasteiger partial charge on any atom is -0.318 e. The van der Waals surface area contributed by atoms with E-state index in [1.54, 1.807) is 6.20 Å². The predicted octanol–water partition coefficient (Wildman–Crippen LogP) is 2.28. The summed E-state index contributed by atoms with van der Waals surface area (Å²) < 4.78 is 1.85. The van der Waals surface area contributed by atoms with Gasteiger partial charge in [0.25, 0.3) is 0 Å². The number of pyridine rings is 1. The third-order valence-electron chi connectivity index (χ3n) is 3.34. The summed E-state index contributed by atoms with van der Waals surface area (Å²) in [6, 6.07) is 11.7. The lowest BCUT2D eigenvalue weighted by atomic mass is 10.1. The number of nitrogens with zero attached hydrogens (tertiary/aromatic N) is 4. The number of nitrogens with two attached hydrogens (primary N) is 1. The molecule has 5 nitrogen and oxygen atoms in total. The van der Waals surface area contributed by atoms with Crippen molar-refractivity contribution in [3.8, 4) is 0 Å². The molecule has 0 aliphatic heterocycles. The summed E-state index contributed by atoms with van der Waals surface area (Å²) in [6.07, 6.45) is 2.71. The molecule has 0 spiro atoms. The fraction of sp³-hybridized carbons (Fsp3) is 0.267. The Bertz CT molecular complexity index is 719. The van der Waals surface area contributed by atoms with Gasteiger partial charge in [-0.05, 0) is 18.6 Å². The smallest absolute Gasteiger partial charge is 0.0913 e. The van der Waals surface area contributed by atoms with Gasteiger partial charge in [-0.2, -0.15) is 0 Å². The first kappa shape index (κ1) is 12.7. The minimum absolute atomic E-state index is 0.304. The summed E-state index contributed by atoms with van der Waals surface area (Å²) in [7, 11) is 0. The second-order valence-electron chi connectivity index (χ2n) is 4.79. The molecule has 20 heavy (non-hydrogen) atoms. The van der Waals surface area contributed by atoms with E-state index >= 15 is 0 Å². The number of para-hydroxylation sites is 1. The highest BCUT2D eigenvalue weighted by atomic mass is 15.4. The van der Waals surface area contributed by atoms with Gasteiger partial charge in [-0.1, -0.05) is 36.4 Å². The van der Waals surface area contributed by atoms with Gasteiger partial charge >= 0.3 is 0 Å². The van der Waals surface area contributed by atoms with Gasteiger partial charge in [-0.25, -0.2) is 4.68 Å². The minimum atomic E-state index is -0.304. The first-order valence-corrected chi connectivity index (χ1v) is 6.79. The van der Waals surface area contributed by atoms with Gasteiger partial charge in [0, 0.05) is 11.9 Å². The zero-order chi connectivity index (χ0) is 13.9. The van der Waals surface area contributed by atoms with Crippen LogP contribution in [0.1, 0.15) is 30.8 Å². The highest BCUT2D eigenvalue weighted by Crippen LogP contribution is 2.20. The maximum absolute atomic E-state index is 6.32. The van der Waals surface area contributed by atoms with Crippen molar-refractivity contribution in [1.29, 1.82) is 0 Å². The van der Waals surface area contributed by atoms with Crippen LogP contribution in [-0.2, 0) is 6.54 Å². The standard InChI is InChI=1S/C15H17N5/c1-2-9-20-14(10-17-19-20)15(16)13-8-7-11-5-3-4-6-12(11)18-13/h3-8,10,15H,2,9,16H2,1H3. The van der Waals surface area contributed by atoms with Gasteiger partial charge in [0.2, 0.25) is 0 Å². The second kappa shape index (κ2) is 5.38. The summed E-state index contributed by atoms with van der Waals surface area (Å²) in [5.74, 6) is 0. The molecule has 0 saturated heterocycles. The van der Waals surface area contributed by atoms with Crippen molar-refractivity contribution < 1.29 is 0 Å². The highest BCUT2D eigenvalue weighted by molar-refractivity contribution is 5.78. The van der Waals surface area contributed by atoms with Crippen LogP contribution in [0.2, 0.25) is 0 Å². The molecule has 1 unspecified atom stereocenters. The van der Waals surface area contributed by atoms with Crippen molar-refractivity contribution in [3.63, 3.8) is 0 Å². The van der Waals surface area contributed by atoms with E-state index in [0.29, 0.717) is 0 Å². The quantitative estimate of drug-likeness (QED) is 0.787. The van der Waals surface area contributed by atoms with Crippen molar-refractivity contribution >= 4 is 10.9 Å². The Hall–Kier alpha value is -2.27. The summed E-state index contributed by atoms with van der Waals surface area (Å²) in [4.78, 5) is 4.64. The third-order valence-corrected chi connectivity index (χ3v) is 3.34. The van der Waals surface area contributed by atoms with Crippen molar-refractivity contribution in [2.75, 3.05) is 0 Å². The topological polar surface area (TPSA) is 69.6 Å². The molecule has 2 N–H and O–H groups in total. The molecule has 5 heteroatoms. The fourth-order valence-corrected chi connectivity index (χ4v) is 2.30. The van der Waals surface area contributed by atoms with E-state index < -0.39 is 0 Å². The molecule has 1 atom stereocenters. The molecule has 2 heterocycles. The number of hydrogen-bond donors (Lipinski definition) is 1. The van der Waals surface area contributed by atoms with E-state index in [-0.39, 0.29) is 6.04 Å². The molecular weight excluding hydrogens is 250 g/mol. The maximum atomic E-state index is 6.32. The van der Waals surface area contributed by atoms with Crippen LogP contribution in [0.25, 0.3) is 10.9 Å². The summed E-state index contributed by atoms with van der Waals surface area (Å²) >= 11 is 0. The van der Waals surface area contributed by atoms with Gasteiger partial charge in [0.1, 0.15) is 0 Å². The predicted molar refractivity (Wildman–Crippen MR) is 78.1 cm³/mol. The van der Waals surface area contributed by atoms with Crippen molar-refractivity contribution in [2.45, 2.75) is 25.9 Å². The van der Waals surface area contributed by atoms with Crippen LogP contribution in [0.4, 0.5) is 0 Å². The molecule has 0 aliphatic carbocycles. The van der Waals surface area contributed by atoms with Crippen LogP contribution in [0.3, 0.4) is 0 Å². The Morgan fingerprint density at radius 2 is 2.05 bits per heavy atom. The number of aromatic nitrogens is 4. The molecule has 0 saturated carbocycles. The Morgan fingerprint density at radius 1 is 1.20 bits per heavy atom. The average molecular weight is 267 g/mol. The molecule has 0 radical (unpaired) electrons. The molecule has 3 aromatic rings. The molecule has 0 aliphatic rings. The van der Waals surface area contributed by atoms with Crippen LogP contribution < -0.4 is 5.73 Å². The van der Waals surface area contributed by atoms with E-state index in [4.69, 9.17) is 5.73 Å². The van der Waals surface area contributed by atoms with E-state index in [2.05, 4.69) is 22.2 Å². The van der Waals surface area contributed by atoms with Gasteiger partial charge in [0.15, 0.2) is 0 Å². The summed E-state index contributed by atoms with van der Waals surface area (Å²) in [6.45, 7) is 2.92. The molecule has 2 aromatic heterocycles. The van der Waals surface area contributed by atoms with Crippen molar-refractivity contribution in [1.82, 2.24) is 20.0 Å². The molecular formula is C15H17N5. The van der Waals surface area contributed by atoms with Crippen LogP contribution in [0.5, 0.6) is 0 Å². The van der Waals surface area contributed by atoms with Crippen LogP contribution in [-0.4, -0.2) is 20.0 Å². The highest BCUT2D eigenvalue weighted by Gasteiger charge is 2.16. The van der Waals surface area contributed by atoms with Gasteiger partial charge < -0.3 is 5.73 Å². The number of rotatable bonds is 4. The van der Waals surface area contributed by atoms with Gasteiger partial charge in [-0.15, -0.1) is 5.10 Å². The van der Waals surface area contributed by atoms with E-state index in [9.17, 15) is 0 Å². The number of hydrogen-bond acceptors (Lipinski definition) is 4. The second-order valence-corrected chi connectivity index (χ2v) is 4.79. The SMILES string of the molecule is CCCn1nncc1C(N)c1ccc2ccccc2n1. The van der Waals surface area contributed by atoms with Gasteiger partial charge in [0.05, 0.1) is 29.1 Å². The first-order chi connectivity index (χ1) is 9.79.